The molecule has 1 aromatic carbocycles. The lowest BCUT2D eigenvalue weighted by Crippen LogP contribution is -2.50. The lowest BCUT2D eigenvalue weighted by atomic mass is 9.96. The van der Waals surface area contributed by atoms with Crippen LogP contribution >= 0.6 is 0 Å². The number of halogens is 4. The van der Waals surface area contributed by atoms with Crippen molar-refractivity contribution in [2.24, 2.45) is 0 Å². The van der Waals surface area contributed by atoms with Gasteiger partial charge in [0.05, 0.1) is 16.9 Å². The summed E-state index contributed by atoms with van der Waals surface area (Å²) in [5.74, 6) is 0.126. The highest BCUT2D eigenvalue weighted by Crippen LogP contribution is 2.29. The van der Waals surface area contributed by atoms with E-state index in [1.807, 2.05) is 11.8 Å². The quantitative estimate of drug-likeness (QED) is 0.275. The van der Waals surface area contributed by atoms with E-state index < -0.39 is 24.1 Å². The number of aromatic nitrogens is 5. The Morgan fingerprint density at radius 1 is 1.05 bits per heavy atom. The lowest BCUT2D eigenvalue weighted by Gasteiger charge is -2.36. The summed E-state index contributed by atoms with van der Waals surface area (Å²) >= 11 is 0. The average Bonchev–Trinajstić information content (AvgIpc) is 2.99. The number of piperazine rings is 1. The van der Waals surface area contributed by atoms with Gasteiger partial charge in [0.1, 0.15) is 23.8 Å². The van der Waals surface area contributed by atoms with Gasteiger partial charge < -0.3 is 20.9 Å². The number of aryl methyl sites for hydroxylation is 1. The van der Waals surface area contributed by atoms with Crippen molar-refractivity contribution < 1.29 is 17.6 Å². The third-order valence-corrected chi connectivity index (χ3v) is 8.13. The Kier molecular flexibility index (Phi) is 8.20. The van der Waals surface area contributed by atoms with Gasteiger partial charge in [-0.15, -0.1) is 0 Å². The third kappa shape index (κ3) is 6.22. The van der Waals surface area contributed by atoms with Crippen LogP contribution in [0.1, 0.15) is 37.1 Å². The summed E-state index contributed by atoms with van der Waals surface area (Å²) in [6, 6.07) is 6.18. The minimum absolute atomic E-state index is 0.0148. The molecule has 2 fully saturated rings. The van der Waals surface area contributed by atoms with Gasteiger partial charge in [-0.2, -0.15) is 18.2 Å². The number of fused-ring (bicyclic) bond motifs is 1. The fourth-order valence-electron chi connectivity index (χ4n) is 5.87. The SMILES string of the molecule is Cc1cnc(C2CCNCC2)nc1-c1cc2cnc(Nc3ccc(N4CCNCC4C)c(F)c3)nc2n(CC(F)(F)F)c1=O. The molecule has 0 radical (unpaired) electrons. The molecule has 0 saturated carbocycles. The first-order valence-corrected chi connectivity index (χ1v) is 14.6. The fourth-order valence-corrected chi connectivity index (χ4v) is 5.87. The van der Waals surface area contributed by atoms with Crippen molar-refractivity contribution in [3.05, 3.63) is 64.2 Å². The van der Waals surface area contributed by atoms with Crippen molar-refractivity contribution in [1.29, 1.82) is 0 Å². The Morgan fingerprint density at radius 2 is 1.84 bits per heavy atom. The first-order valence-electron chi connectivity index (χ1n) is 14.6. The number of piperidine rings is 1. The first kappa shape index (κ1) is 29.9. The molecular formula is C30H33F4N9O. The van der Waals surface area contributed by atoms with Gasteiger partial charge in [-0.25, -0.2) is 19.3 Å². The number of hydrogen-bond donors (Lipinski definition) is 3. The number of hydrogen-bond acceptors (Lipinski definition) is 9. The molecule has 4 aromatic rings. The molecule has 6 rings (SSSR count). The predicted octanol–water partition coefficient (Wildman–Crippen LogP) is 4.27. The summed E-state index contributed by atoms with van der Waals surface area (Å²) in [6.45, 7) is 5.93. The van der Waals surface area contributed by atoms with Crippen LogP contribution in [0.15, 0.2) is 41.5 Å². The van der Waals surface area contributed by atoms with Crippen molar-refractivity contribution in [1.82, 2.24) is 35.1 Å². The number of nitrogens with one attached hydrogen (secondary N) is 3. The van der Waals surface area contributed by atoms with Crippen molar-refractivity contribution in [3.8, 4) is 11.3 Å². The van der Waals surface area contributed by atoms with Gasteiger partial charge in [0.2, 0.25) is 5.95 Å². The maximum atomic E-state index is 15.1. The Balaban J connectivity index is 1.37. The molecule has 3 aromatic heterocycles. The van der Waals surface area contributed by atoms with Gasteiger partial charge in [-0.05, 0) is 69.6 Å². The van der Waals surface area contributed by atoms with E-state index in [1.165, 1.54) is 18.3 Å². The lowest BCUT2D eigenvalue weighted by molar-refractivity contribution is -0.140. The number of nitrogens with zero attached hydrogens (tertiary/aromatic N) is 6. The Labute approximate surface area is 251 Å². The van der Waals surface area contributed by atoms with E-state index in [4.69, 9.17) is 0 Å². The van der Waals surface area contributed by atoms with E-state index in [0.29, 0.717) is 33.9 Å². The van der Waals surface area contributed by atoms with Crippen LogP contribution in [0.25, 0.3) is 22.3 Å². The van der Waals surface area contributed by atoms with Gasteiger partial charge in [0.25, 0.3) is 5.56 Å². The Hall–Kier alpha value is -4.17. The summed E-state index contributed by atoms with van der Waals surface area (Å²) in [4.78, 5) is 33.3. The molecule has 0 bridgehead atoms. The molecule has 2 aliphatic rings. The number of anilines is 3. The third-order valence-electron chi connectivity index (χ3n) is 8.13. The zero-order valence-corrected chi connectivity index (χ0v) is 24.4. The molecule has 0 amide bonds. The second-order valence-corrected chi connectivity index (χ2v) is 11.4. The van der Waals surface area contributed by atoms with Gasteiger partial charge in [-0.1, -0.05) is 0 Å². The second-order valence-electron chi connectivity index (χ2n) is 11.4. The van der Waals surface area contributed by atoms with E-state index in [9.17, 15) is 18.0 Å². The summed E-state index contributed by atoms with van der Waals surface area (Å²) in [5, 5.41) is 9.65. The largest absolute Gasteiger partial charge is 0.406 e. The minimum Gasteiger partial charge on any atom is -0.364 e. The second kappa shape index (κ2) is 12.1. The van der Waals surface area contributed by atoms with Gasteiger partial charge in [0.15, 0.2) is 0 Å². The van der Waals surface area contributed by atoms with E-state index in [0.717, 1.165) is 39.0 Å². The van der Waals surface area contributed by atoms with Crippen molar-refractivity contribution in [3.63, 3.8) is 0 Å². The molecule has 3 N–H and O–H groups in total. The molecule has 1 atom stereocenters. The van der Waals surface area contributed by atoms with Crippen LogP contribution in [0.3, 0.4) is 0 Å². The highest BCUT2D eigenvalue weighted by atomic mass is 19.4. The zero-order valence-electron chi connectivity index (χ0n) is 24.4. The Morgan fingerprint density at radius 3 is 2.57 bits per heavy atom. The van der Waals surface area contributed by atoms with Gasteiger partial charge >= 0.3 is 6.18 Å². The van der Waals surface area contributed by atoms with Crippen molar-refractivity contribution >= 4 is 28.4 Å². The van der Waals surface area contributed by atoms with Crippen molar-refractivity contribution in [2.75, 3.05) is 42.9 Å². The van der Waals surface area contributed by atoms with E-state index in [-0.39, 0.29) is 40.2 Å². The molecule has 44 heavy (non-hydrogen) atoms. The minimum atomic E-state index is -4.70. The normalized spacial score (nSPS) is 18.1. The molecule has 0 aliphatic carbocycles. The predicted molar refractivity (Wildman–Crippen MR) is 160 cm³/mol. The van der Waals surface area contributed by atoms with Crippen LogP contribution in [-0.4, -0.2) is 69.4 Å². The van der Waals surface area contributed by atoms with E-state index in [2.05, 4.69) is 35.9 Å². The number of benzene rings is 1. The summed E-state index contributed by atoms with van der Waals surface area (Å²) in [6.07, 6.45) is -0.103. The summed E-state index contributed by atoms with van der Waals surface area (Å²) < 4.78 is 57.1. The summed E-state index contributed by atoms with van der Waals surface area (Å²) in [5.41, 5.74) is 0.561. The highest BCUT2D eigenvalue weighted by molar-refractivity contribution is 5.81. The van der Waals surface area contributed by atoms with Crippen LogP contribution in [0.2, 0.25) is 0 Å². The molecule has 2 aliphatic heterocycles. The smallest absolute Gasteiger partial charge is 0.364 e. The van der Waals surface area contributed by atoms with Crippen LogP contribution in [0, 0.1) is 12.7 Å². The number of rotatable bonds is 6. The topological polar surface area (TPSA) is 113 Å². The summed E-state index contributed by atoms with van der Waals surface area (Å²) in [7, 11) is 0. The first-order chi connectivity index (χ1) is 21.1. The Bertz CT molecular complexity index is 1740. The number of pyridine rings is 1. The molecule has 14 heteroatoms. The standard InChI is InChI=1S/C30H33F4N9O/c1-17-13-37-26(19-5-7-35-8-6-19)40-25(17)22-11-20-15-38-29(41-27(20)43(28(22)44)16-30(32,33)34)39-21-3-4-24(23(31)12-21)42-10-9-36-14-18(42)2/h3-4,11-13,15,18-19,35-36H,5-10,14,16H2,1-2H3,(H,38,39,41). The average molecular weight is 612 g/mol. The van der Waals surface area contributed by atoms with Crippen LogP contribution in [0.4, 0.5) is 34.9 Å². The molecule has 2 saturated heterocycles. The highest BCUT2D eigenvalue weighted by Gasteiger charge is 2.31. The van der Waals surface area contributed by atoms with Crippen molar-refractivity contribution in [2.45, 2.75) is 51.4 Å². The maximum Gasteiger partial charge on any atom is 0.406 e. The van der Waals surface area contributed by atoms with E-state index in [1.54, 1.807) is 25.3 Å². The maximum absolute atomic E-state index is 15.1. The van der Waals surface area contributed by atoms with Crippen LogP contribution in [-0.2, 0) is 6.54 Å². The molecule has 232 valence electrons. The number of alkyl halides is 3. The monoisotopic (exact) mass is 611 g/mol. The van der Waals surface area contributed by atoms with Crippen LogP contribution in [0.5, 0.6) is 0 Å². The molecular weight excluding hydrogens is 578 g/mol. The van der Waals surface area contributed by atoms with Crippen LogP contribution < -0.4 is 26.4 Å². The molecule has 10 nitrogen and oxygen atoms in total. The van der Waals surface area contributed by atoms with Gasteiger partial charge in [-0.3, -0.25) is 9.36 Å². The van der Waals surface area contributed by atoms with Gasteiger partial charge in [0, 0.05) is 55.1 Å². The molecule has 0 spiro atoms. The molecule has 1 unspecified atom stereocenters. The fraction of sp³-hybridized carbons (Fsp3) is 0.433. The van der Waals surface area contributed by atoms with E-state index >= 15 is 4.39 Å². The molecule has 5 heterocycles. The zero-order chi connectivity index (χ0) is 31.0.